The maximum Gasteiger partial charge on any atom is 0.264 e. The molecule has 3 aromatic rings. The summed E-state index contributed by atoms with van der Waals surface area (Å²) in [7, 11) is -4.09. The summed E-state index contributed by atoms with van der Waals surface area (Å²) >= 11 is 0. The van der Waals surface area contributed by atoms with Crippen LogP contribution in [0.2, 0.25) is 0 Å². The van der Waals surface area contributed by atoms with Crippen LogP contribution in [-0.4, -0.2) is 43.3 Å². The minimum Gasteiger partial charge on any atom is -0.350 e. The number of sulfonamides is 1. The first-order valence-corrected chi connectivity index (χ1v) is 15.0. The molecule has 0 aliphatic rings. The van der Waals surface area contributed by atoms with Crippen LogP contribution >= 0.6 is 0 Å². The van der Waals surface area contributed by atoms with E-state index in [1.165, 1.54) is 4.90 Å². The molecule has 0 aliphatic carbocycles. The van der Waals surface area contributed by atoms with Gasteiger partial charge in [-0.2, -0.15) is 0 Å². The molecule has 0 saturated heterocycles. The number of anilines is 1. The lowest BCUT2D eigenvalue weighted by Gasteiger charge is -2.35. The molecule has 0 fully saturated rings. The van der Waals surface area contributed by atoms with Crippen molar-refractivity contribution >= 4 is 27.5 Å². The van der Waals surface area contributed by atoms with Gasteiger partial charge in [-0.15, -0.1) is 0 Å². The summed E-state index contributed by atoms with van der Waals surface area (Å²) in [5.74, 6) is -0.742. The highest BCUT2D eigenvalue weighted by Gasteiger charge is 2.34. The number of nitrogens with zero attached hydrogens (tertiary/aromatic N) is 2. The Kier molecular flexibility index (Phi) is 9.79. The molecule has 1 atom stereocenters. The fourth-order valence-corrected chi connectivity index (χ4v) is 5.93. The highest BCUT2D eigenvalue weighted by atomic mass is 32.2. The predicted molar refractivity (Wildman–Crippen MR) is 161 cm³/mol. The molecule has 0 aromatic heterocycles. The highest BCUT2D eigenvalue weighted by molar-refractivity contribution is 7.92. The summed E-state index contributed by atoms with van der Waals surface area (Å²) < 4.78 is 29.1. The summed E-state index contributed by atoms with van der Waals surface area (Å²) in [5, 5.41) is 2.99. The number of hydrogen-bond acceptors (Lipinski definition) is 4. The predicted octanol–water partition coefficient (Wildman–Crippen LogP) is 5.53. The molecule has 0 unspecified atom stereocenters. The van der Waals surface area contributed by atoms with Crippen molar-refractivity contribution in [2.24, 2.45) is 0 Å². The number of rotatable bonds is 10. The topological polar surface area (TPSA) is 86.8 Å². The summed E-state index contributed by atoms with van der Waals surface area (Å²) in [6.45, 7) is 12.9. The molecule has 0 bridgehead atoms. The van der Waals surface area contributed by atoms with Crippen LogP contribution in [0, 0.1) is 20.8 Å². The van der Waals surface area contributed by atoms with Gasteiger partial charge in [0.05, 0.1) is 10.6 Å². The van der Waals surface area contributed by atoms with E-state index in [9.17, 15) is 18.0 Å². The Bertz CT molecular complexity index is 1440. The monoisotopic (exact) mass is 563 g/mol. The third-order valence-electron chi connectivity index (χ3n) is 6.50. The van der Waals surface area contributed by atoms with Gasteiger partial charge in [-0.1, -0.05) is 66.6 Å². The van der Waals surface area contributed by atoms with Crippen molar-refractivity contribution in [2.45, 2.75) is 77.9 Å². The van der Waals surface area contributed by atoms with Gasteiger partial charge in [0.15, 0.2) is 0 Å². The Morgan fingerprint density at radius 2 is 1.45 bits per heavy atom. The van der Waals surface area contributed by atoms with Crippen molar-refractivity contribution in [1.82, 2.24) is 10.2 Å². The Balaban J connectivity index is 2.08. The van der Waals surface area contributed by atoms with Crippen LogP contribution < -0.4 is 9.62 Å². The molecule has 0 spiro atoms. The number of carbonyl (C=O) groups is 2. The van der Waals surface area contributed by atoms with Crippen LogP contribution in [0.4, 0.5) is 5.69 Å². The molecule has 214 valence electrons. The molecule has 0 radical (unpaired) electrons. The van der Waals surface area contributed by atoms with E-state index in [1.54, 1.807) is 42.5 Å². The second-order valence-electron chi connectivity index (χ2n) is 11.3. The van der Waals surface area contributed by atoms with Gasteiger partial charge in [-0.25, -0.2) is 8.42 Å². The Labute approximate surface area is 239 Å². The minimum atomic E-state index is -4.09. The van der Waals surface area contributed by atoms with Crippen molar-refractivity contribution < 1.29 is 18.0 Å². The van der Waals surface area contributed by atoms with E-state index >= 15 is 0 Å². The quantitative estimate of drug-likeness (QED) is 0.352. The Morgan fingerprint density at radius 1 is 0.850 bits per heavy atom. The zero-order chi connectivity index (χ0) is 29.7. The summed E-state index contributed by atoms with van der Waals surface area (Å²) in [6.07, 6.45) is 0.370. The number of hydrogen-bond donors (Lipinski definition) is 1. The van der Waals surface area contributed by atoms with Gasteiger partial charge in [-0.3, -0.25) is 13.9 Å². The third-order valence-corrected chi connectivity index (χ3v) is 8.29. The Morgan fingerprint density at radius 3 is 2.00 bits per heavy atom. The average Bonchev–Trinajstić information content (AvgIpc) is 2.86. The van der Waals surface area contributed by atoms with Gasteiger partial charge >= 0.3 is 0 Å². The van der Waals surface area contributed by atoms with Crippen molar-refractivity contribution in [3.63, 3.8) is 0 Å². The van der Waals surface area contributed by atoms with E-state index in [0.29, 0.717) is 12.1 Å². The van der Waals surface area contributed by atoms with Crippen LogP contribution in [0.1, 0.15) is 56.4 Å². The lowest BCUT2D eigenvalue weighted by atomic mass is 10.0. The van der Waals surface area contributed by atoms with E-state index < -0.39 is 34.1 Å². The molecular weight excluding hydrogens is 522 g/mol. The van der Waals surface area contributed by atoms with Crippen LogP contribution in [0.3, 0.4) is 0 Å². The molecular formula is C32H41N3O4S. The Hall–Kier alpha value is -3.65. The summed E-state index contributed by atoms with van der Waals surface area (Å²) in [5.41, 5.74) is 3.57. The van der Waals surface area contributed by atoms with E-state index in [-0.39, 0.29) is 17.3 Å². The molecule has 0 saturated carbocycles. The molecule has 3 aromatic carbocycles. The third kappa shape index (κ3) is 7.94. The van der Waals surface area contributed by atoms with Crippen LogP contribution in [0.15, 0.2) is 77.7 Å². The van der Waals surface area contributed by atoms with E-state index in [0.717, 1.165) is 26.6 Å². The van der Waals surface area contributed by atoms with Gasteiger partial charge in [0.25, 0.3) is 10.0 Å². The first-order chi connectivity index (χ1) is 18.7. The molecule has 8 heteroatoms. The van der Waals surface area contributed by atoms with Gasteiger partial charge < -0.3 is 10.2 Å². The van der Waals surface area contributed by atoms with Crippen molar-refractivity contribution in [3.8, 4) is 0 Å². The van der Waals surface area contributed by atoms with E-state index in [4.69, 9.17) is 0 Å². The number of benzene rings is 3. The SMILES string of the molecule is CC[C@@H](C(=O)NC(C)(C)C)N(Cc1cccc(C)c1)C(=O)CN(c1cccc(C)c1)S(=O)(=O)c1ccc(C)cc1. The van der Waals surface area contributed by atoms with Crippen LogP contribution in [-0.2, 0) is 26.2 Å². The number of nitrogens with one attached hydrogen (secondary N) is 1. The van der Waals surface area contributed by atoms with Crippen molar-refractivity contribution in [3.05, 3.63) is 95.1 Å². The van der Waals surface area contributed by atoms with E-state index in [2.05, 4.69) is 5.32 Å². The fraction of sp³-hybridized carbons (Fsp3) is 0.375. The molecule has 40 heavy (non-hydrogen) atoms. The molecule has 3 rings (SSSR count). The molecule has 1 N–H and O–H groups in total. The maximum atomic E-state index is 14.1. The van der Waals surface area contributed by atoms with Crippen molar-refractivity contribution in [2.75, 3.05) is 10.8 Å². The number of carbonyl (C=O) groups excluding carboxylic acids is 2. The second-order valence-corrected chi connectivity index (χ2v) is 13.2. The first kappa shape index (κ1) is 30.9. The zero-order valence-electron chi connectivity index (χ0n) is 24.6. The van der Waals surface area contributed by atoms with Crippen LogP contribution in [0.25, 0.3) is 0 Å². The summed E-state index contributed by atoms with van der Waals surface area (Å²) in [6, 6.07) is 20.6. The number of aryl methyl sites for hydroxylation is 3. The van der Waals surface area contributed by atoms with Crippen LogP contribution in [0.5, 0.6) is 0 Å². The van der Waals surface area contributed by atoms with E-state index in [1.807, 2.05) is 78.8 Å². The fourth-order valence-electron chi connectivity index (χ4n) is 4.53. The molecule has 7 nitrogen and oxygen atoms in total. The van der Waals surface area contributed by atoms with Gasteiger partial charge in [-0.05, 0) is 83.4 Å². The summed E-state index contributed by atoms with van der Waals surface area (Å²) in [4.78, 5) is 29.1. The second kappa shape index (κ2) is 12.7. The standard InChI is InChI=1S/C32H41N3O4S/c1-8-29(31(37)33-32(5,6)7)34(21-26-13-9-11-24(3)19-26)30(36)22-35(27-14-10-12-25(4)20-27)40(38,39)28-17-15-23(2)16-18-28/h9-20,29H,8,21-22H2,1-7H3,(H,33,37)/t29-/m0/s1. The minimum absolute atomic E-state index is 0.0927. The lowest BCUT2D eigenvalue weighted by Crippen LogP contribution is -2.55. The highest BCUT2D eigenvalue weighted by Crippen LogP contribution is 2.26. The molecule has 0 aliphatic heterocycles. The maximum absolute atomic E-state index is 14.1. The molecule has 2 amide bonds. The van der Waals surface area contributed by atoms with Crippen molar-refractivity contribution in [1.29, 1.82) is 0 Å². The zero-order valence-corrected chi connectivity index (χ0v) is 25.4. The lowest BCUT2D eigenvalue weighted by molar-refractivity contribution is -0.141. The largest absolute Gasteiger partial charge is 0.350 e. The average molecular weight is 564 g/mol. The van der Waals surface area contributed by atoms with Gasteiger partial charge in [0.2, 0.25) is 11.8 Å². The van der Waals surface area contributed by atoms with Gasteiger partial charge in [0, 0.05) is 12.1 Å². The first-order valence-electron chi connectivity index (χ1n) is 13.5. The van der Waals surface area contributed by atoms with Gasteiger partial charge in [0.1, 0.15) is 12.6 Å². The smallest absolute Gasteiger partial charge is 0.264 e. The number of amides is 2. The normalized spacial score (nSPS) is 12.5. The molecule has 0 heterocycles.